The molecular weight excluding hydrogens is 397 g/mol. The van der Waals surface area contributed by atoms with Crippen LogP contribution in [0.1, 0.15) is 16.1 Å². The Hall–Kier alpha value is -3.81. The Morgan fingerprint density at radius 2 is 1.70 bits per heavy atom. The van der Waals surface area contributed by atoms with E-state index < -0.39 is 41.5 Å². The highest BCUT2D eigenvalue weighted by molar-refractivity contribution is 6.09. The first-order chi connectivity index (χ1) is 14.4. The monoisotopic (exact) mass is 412 g/mol. The van der Waals surface area contributed by atoms with Crippen LogP contribution in [0.4, 0.5) is 18.9 Å². The highest BCUT2D eigenvalue weighted by atomic mass is 19.2. The van der Waals surface area contributed by atoms with Crippen molar-refractivity contribution >= 4 is 39.2 Å². The van der Waals surface area contributed by atoms with Crippen molar-refractivity contribution < 1.29 is 27.2 Å². The van der Waals surface area contributed by atoms with Crippen molar-refractivity contribution in [1.82, 2.24) is 5.32 Å². The third-order valence-corrected chi connectivity index (χ3v) is 4.75. The van der Waals surface area contributed by atoms with Crippen molar-refractivity contribution in [2.75, 3.05) is 11.9 Å². The molecule has 0 bridgehead atoms. The number of fused-ring (bicyclic) bond motifs is 3. The summed E-state index contributed by atoms with van der Waals surface area (Å²) in [5.41, 5.74) is 0.643. The van der Waals surface area contributed by atoms with E-state index in [0.29, 0.717) is 17.2 Å². The largest absolute Gasteiger partial charge is 0.450 e. The predicted molar refractivity (Wildman–Crippen MR) is 106 cm³/mol. The highest BCUT2D eigenvalue weighted by Crippen LogP contribution is 2.31. The van der Waals surface area contributed by atoms with Crippen LogP contribution in [0.2, 0.25) is 0 Å². The van der Waals surface area contributed by atoms with Crippen LogP contribution in [0.3, 0.4) is 0 Å². The first kappa shape index (κ1) is 19.5. The van der Waals surface area contributed by atoms with Crippen LogP contribution in [-0.4, -0.2) is 18.4 Å². The lowest BCUT2D eigenvalue weighted by Gasteiger charge is -2.08. The molecule has 8 heteroatoms. The summed E-state index contributed by atoms with van der Waals surface area (Å²) in [6, 6.07) is 12.9. The van der Waals surface area contributed by atoms with Crippen LogP contribution in [0.25, 0.3) is 21.7 Å². The molecule has 0 radical (unpaired) electrons. The number of nitrogens with one attached hydrogen (secondary N) is 2. The van der Waals surface area contributed by atoms with Gasteiger partial charge in [-0.15, -0.1) is 0 Å². The number of halogens is 3. The molecule has 4 rings (SSSR count). The molecule has 2 N–H and O–H groups in total. The lowest BCUT2D eigenvalue weighted by molar-refractivity contribution is -0.115. The predicted octanol–water partition coefficient (Wildman–Crippen LogP) is 4.68. The Kier molecular flexibility index (Phi) is 4.91. The van der Waals surface area contributed by atoms with E-state index in [0.717, 1.165) is 22.2 Å². The molecule has 0 fully saturated rings. The number of anilines is 1. The highest BCUT2D eigenvalue weighted by Gasteiger charge is 2.20. The van der Waals surface area contributed by atoms with E-state index in [-0.39, 0.29) is 5.76 Å². The zero-order valence-electron chi connectivity index (χ0n) is 15.7. The van der Waals surface area contributed by atoms with E-state index in [1.165, 1.54) is 0 Å². The molecule has 4 aromatic rings. The van der Waals surface area contributed by atoms with Crippen molar-refractivity contribution in [3.05, 3.63) is 77.3 Å². The third-order valence-electron chi connectivity index (χ3n) is 4.75. The summed E-state index contributed by atoms with van der Waals surface area (Å²) in [6.07, 6.45) is 0. The molecule has 152 valence electrons. The second kappa shape index (κ2) is 7.55. The lowest BCUT2D eigenvalue weighted by atomic mass is 10.1. The van der Waals surface area contributed by atoms with Crippen molar-refractivity contribution in [3.63, 3.8) is 0 Å². The number of hydrogen-bond donors (Lipinski definition) is 2. The van der Waals surface area contributed by atoms with Crippen molar-refractivity contribution in [3.8, 4) is 0 Å². The van der Waals surface area contributed by atoms with Gasteiger partial charge < -0.3 is 15.1 Å². The summed E-state index contributed by atoms with van der Waals surface area (Å²) < 4.78 is 45.6. The molecule has 1 heterocycles. The molecule has 2 amide bonds. The molecule has 30 heavy (non-hydrogen) atoms. The summed E-state index contributed by atoms with van der Waals surface area (Å²) in [6.45, 7) is 1.21. The maximum Gasteiger partial charge on any atom is 0.287 e. The van der Waals surface area contributed by atoms with Gasteiger partial charge in [0.05, 0.1) is 12.2 Å². The minimum Gasteiger partial charge on any atom is -0.450 e. The molecule has 5 nitrogen and oxygen atoms in total. The summed E-state index contributed by atoms with van der Waals surface area (Å²) in [5, 5.41) is 7.04. The molecule has 0 spiro atoms. The van der Waals surface area contributed by atoms with Gasteiger partial charge in [-0.2, -0.15) is 0 Å². The summed E-state index contributed by atoms with van der Waals surface area (Å²) in [5.74, 6) is -5.97. The summed E-state index contributed by atoms with van der Waals surface area (Å²) in [4.78, 5) is 24.5. The zero-order chi connectivity index (χ0) is 21.4. The quantitative estimate of drug-likeness (QED) is 0.478. The number of furan rings is 1. The van der Waals surface area contributed by atoms with E-state index in [2.05, 4.69) is 10.6 Å². The zero-order valence-corrected chi connectivity index (χ0v) is 15.7. The number of benzene rings is 3. The van der Waals surface area contributed by atoms with E-state index in [9.17, 15) is 22.8 Å². The Morgan fingerprint density at radius 3 is 2.50 bits per heavy atom. The fourth-order valence-electron chi connectivity index (χ4n) is 3.22. The van der Waals surface area contributed by atoms with Crippen LogP contribution in [0.5, 0.6) is 0 Å². The number of hydrogen-bond acceptors (Lipinski definition) is 3. The molecule has 0 unspecified atom stereocenters. The molecule has 0 saturated carbocycles. The van der Waals surface area contributed by atoms with E-state index in [1.807, 2.05) is 36.4 Å². The van der Waals surface area contributed by atoms with Gasteiger partial charge >= 0.3 is 0 Å². The van der Waals surface area contributed by atoms with Gasteiger partial charge in [-0.1, -0.05) is 36.4 Å². The van der Waals surface area contributed by atoms with Crippen LogP contribution in [0.15, 0.2) is 52.9 Å². The minimum atomic E-state index is -1.69. The Labute approximate surface area is 168 Å². The second-order valence-corrected chi connectivity index (χ2v) is 6.67. The van der Waals surface area contributed by atoms with Gasteiger partial charge in [0.15, 0.2) is 23.2 Å². The minimum absolute atomic E-state index is 0.0492. The summed E-state index contributed by atoms with van der Waals surface area (Å²) >= 11 is 0. The number of carbonyl (C=O) groups is 2. The number of carbonyl (C=O) groups excluding carboxylic acids is 2. The maximum atomic E-state index is 13.7. The number of rotatable bonds is 4. The van der Waals surface area contributed by atoms with Crippen LogP contribution >= 0.6 is 0 Å². The van der Waals surface area contributed by atoms with Crippen molar-refractivity contribution in [2.24, 2.45) is 0 Å². The Balaban J connectivity index is 1.51. The molecule has 3 aromatic carbocycles. The van der Waals surface area contributed by atoms with Gasteiger partial charge in [-0.3, -0.25) is 9.59 Å². The average molecular weight is 412 g/mol. The molecular formula is C22H15F3N2O3. The SMILES string of the molecule is Cc1c(C(=O)NCC(=O)Nc2ccc(F)c(F)c2F)oc2c1ccc1ccccc12. The second-order valence-electron chi connectivity index (χ2n) is 6.67. The van der Waals surface area contributed by atoms with Crippen LogP contribution < -0.4 is 10.6 Å². The number of amides is 2. The van der Waals surface area contributed by atoms with Crippen LogP contribution in [-0.2, 0) is 4.79 Å². The molecule has 0 aliphatic rings. The Morgan fingerprint density at radius 1 is 0.933 bits per heavy atom. The van der Waals surface area contributed by atoms with Gasteiger partial charge in [0.2, 0.25) is 5.91 Å². The van der Waals surface area contributed by atoms with Gasteiger partial charge in [-0.25, -0.2) is 13.2 Å². The van der Waals surface area contributed by atoms with Gasteiger partial charge in [0.25, 0.3) is 5.91 Å². The standard InChI is InChI=1S/C22H15F3N2O3/c1-11-13-7-6-12-4-2-3-5-14(12)21(13)30-20(11)22(29)26-10-17(28)27-16-9-8-15(23)18(24)19(16)25/h2-9H,10H2,1H3,(H,26,29)(H,27,28). The van der Waals surface area contributed by atoms with E-state index in [4.69, 9.17) is 4.42 Å². The average Bonchev–Trinajstić information content (AvgIpc) is 3.09. The van der Waals surface area contributed by atoms with Gasteiger partial charge in [0, 0.05) is 16.3 Å². The Bertz CT molecular complexity index is 1310. The van der Waals surface area contributed by atoms with E-state index >= 15 is 0 Å². The number of aryl methyl sites for hydroxylation is 1. The lowest BCUT2D eigenvalue weighted by Crippen LogP contribution is -2.33. The smallest absolute Gasteiger partial charge is 0.287 e. The topological polar surface area (TPSA) is 71.3 Å². The maximum absolute atomic E-state index is 13.7. The van der Waals surface area contributed by atoms with Crippen molar-refractivity contribution in [2.45, 2.75) is 6.92 Å². The van der Waals surface area contributed by atoms with Crippen molar-refractivity contribution in [1.29, 1.82) is 0 Å². The first-order valence-electron chi connectivity index (χ1n) is 8.99. The van der Waals surface area contributed by atoms with Gasteiger partial charge in [-0.05, 0) is 24.4 Å². The summed E-state index contributed by atoms with van der Waals surface area (Å²) in [7, 11) is 0. The van der Waals surface area contributed by atoms with Crippen LogP contribution in [0, 0.1) is 24.4 Å². The fraction of sp³-hybridized carbons (Fsp3) is 0.0909. The molecule has 0 atom stereocenters. The molecule has 0 aliphatic carbocycles. The van der Waals surface area contributed by atoms with E-state index in [1.54, 1.807) is 6.92 Å². The van der Waals surface area contributed by atoms with Gasteiger partial charge in [0.1, 0.15) is 5.58 Å². The normalized spacial score (nSPS) is 11.1. The first-order valence-corrected chi connectivity index (χ1v) is 8.99. The fourth-order valence-corrected chi connectivity index (χ4v) is 3.22. The molecule has 1 aromatic heterocycles. The molecule has 0 aliphatic heterocycles. The third kappa shape index (κ3) is 3.36. The molecule has 0 saturated heterocycles.